The molecule has 0 saturated carbocycles. The highest BCUT2D eigenvalue weighted by Gasteiger charge is 2.17. The molecule has 1 N–H and O–H groups in total. The zero-order valence-corrected chi connectivity index (χ0v) is 20.3. The van der Waals surface area contributed by atoms with Gasteiger partial charge in [-0.05, 0) is 65.8 Å². The van der Waals surface area contributed by atoms with Crippen LogP contribution in [0, 0.1) is 0 Å². The second-order valence-electron chi connectivity index (χ2n) is 8.56. The molecule has 2 aromatic heterocycles. The van der Waals surface area contributed by atoms with Gasteiger partial charge in [0.05, 0.1) is 28.6 Å². The lowest BCUT2D eigenvalue weighted by Crippen LogP contribution is -2.32. The monoisotopic (exact) mass is 508 g/mol. The van der Waals surface area contributed by atoms with Gasteiger partial charge in [0.25, 0.3) is 0 Å². The van der Waals surface area contributed by atoms with Gasteiger partial charge in [0, 0.05) is 11.6 Å². The van der Waals surface area contributed by atoms with Crippen molar-refractivity contribution in [3.8, 4) is 11.6 Å². The lowest BCUT2D eigenvalue weighted by atomic mass is 10.1. The minimum Gasteiger partial charge on any atom is -0.472 e. The van der Waals surface area contributed by atoms with Crippen LogP contribution < -0.4 is 10.1 Å². The van der Waals surface area contributed by atoms with E-state index in [1.807, 2.05) is 81.6 Å². The predicted octanol–water partition coefficient (Wildman–Crippen LogP) is 5.79. The van der Waals surface area contributed by atoms with Gasteiger partial charge >= 0.3 is 6.09 Å². The molecule has 1 amide bonds. The molecule has 33 heavy (non-hydrogen) atoms. The Kier molecular flexibility index (Phi) is 6.65. The number of hydrogen-bond acceptors (Lipinski definition) is 5. The Hall–Kier alpha value is -3.39. The molecule has 0 bridgehead atoms. The van der Waals surface area contributed by atoms with Gasteiger partial charge in [-0.2, -0.15) is 5.10 Å². The molecule has 170 valence electrons. The molecule has 0 radical (unpaired) electrons. The first kappa shape index (κ1) is 22.8. The molecule has 0 unspecified atom stereocenters. The van der Waals surface area contributed by atoms with Crippen LogP contribution in [0.4, 0.5) is 4.79 Å². The number of halogens is 1. The molecule has 0 spiro atoms. The van der Waals surface area contributed by atoms with Crippen LogP contribution in [-0.4, -0.2) is 26.5 Å². The molecule has 2 aromatic carbocycles. The molecule has 0 aliphatic carbocycles. The first-order valence-corrected chi connectivity index (χ1v) is 11.3. The van der Waals surface area contributed by atoms with E-state index in [1.54, 1.807) is 10.9 Å². The van der Waals surface area contributed by atoms with E-state index in [2.05, 4.69) is 26.3 Å². The Labute approximate surface area is 200 Å². The summed E-state index contributed by atoms with van der Waals surface area (Å²) >= 11 is 3.44. The zero-order chi connectivity index (χ0) is 23.4. The molecule has 7 nitrogen and oxygen atoms in total. The number of carbonyl (C=O) groups is 1. The lowest BCUT2D eigenvalue weighted by molar-refractivity contribution is 0.0522. The topological polar surface area (TPSA) is 78.3 Å². The summed E-state index contributed by atoms with van der Waals surface area (Å²) < 4.78 is 14.1. The number of rotatable bonds is 6. The molecule has 0 aliphatic rings. The Morgan fingerprint density at radius 1 is 1.12 bits per heavy atom. The van der Waals surface area contributed by atoms with E-state index in [1.165, 1.54) is 0 Å². The smallest absolute Gasteiger partial charge is 0.407 e. The van der Waals surface area contributed by atoms with E-state index >= 15 is 0 Å². The Bertz CT molecular complexity index is 1270. The second kappa shape index (κ2) is 9.62. The van der Waals surface area contributed by atoms with Crippen molar-refractivity contribution in [1.29, 1.82) is 0 Å². The minimum atomic E-state index is -0.567. The quantitative estimate of drug-likeness (QED) is 0.356. The highest BCUT2D eigenvalue weighted by Crippen LogP contribution is 2.28. The van der Waals surface area contributed by atoms with Crippen molar-refractivity contribution in [3.63, 3.8) is 0 Å². The Morgan fingerprint density at radius 2 is 1.91 bits per heavy atom. The Morgan fingerprint density at radius 3 is 2.61 bits per heavy atom. The van der Waals surface area contributed by atoms with Crippen molar-refractivity contribution in [1.82, 2.24) is 20.1 Å². The van der Waals surface area contributed by atoms with Crippen LogP contribution >= 0.6 is 15.9 Å². The lowest BCUT2D eigenvalue weighted by Gasteiger charge is -2.19. The van der Waals surface area contributed by atoms with Crippen molar-refractivity contribution in [2.45, 2.75) is 39.5 Å². The SMILES string of the molecule is CC(C)(C)OC(=O)NCc1cc2ccc(-n3cc(Br)cn3)cc2c(OCc2ccccc2)n1. The first-order chi connectivity index (χ1) is 15.8. The van der Waals surface area contributed by atoms with Crippen LogP contribution in [0.3, 0.4) is 0 Å². The van der Waals surface area contributed by atoms with Gasteiger partial charge in [0.2, 0.25) is 5.88 Å². The van der Waals surface area contributed by atoms with E-state index in [4.69, 9.17) is 14.5 Å². The number of alkyl carbamates (subject to hydrolysis) is 1. The number of ether oxygens (including phenoxy) is 2. The van der Waals surface area contributed by atoms with Gasteiger partial charge in [-0.3, -0.25) is 0 Å². The zero-order valence-electron chi connectivity index (χ0n) is 18.7. The predicted molar refractivity (Wildman–Crippen MR) is 130 cm³/mol. The van der Waals surface area contributed by atoms with Crippen LogP contribution in [0.15, 0.2) is 71.5 Å². The van der Waals surface area contributed by atoms with E-state index in [0.29, 0.717) is 18.2 Å². The molecular weight excluding hydrogens is 484 g/mol. The molecule has 0 atom stereocenters. The summed E-state index contributed by atoms with van der Waals surface area (Å²) in [6.45, 7) is 6.08. The average molecular weight is 509 g/mol. The summed E-state index contributed by atoms with van der Waals surface area (Å²) in [5.74, 6) is 0.491. The largest absolute Gasteiger partial charge is 0.472 e. The van der Waals surface area contributed by atoms with Gasteiger partial charge in [0.15, 0.2) is 0 Å². The van der Waals surface area contributed by atoms with Crippen LogP contribution in [0.1, 0.15) is 32.0 Å². The summed E-state index contributed by atoms with van der Waals surface area (Å²) in [6, 6.07) is 17.8. The van der Waals surface area contributed by atoms with Crippen LogP contribution in [0.5, 0.6) is 5.88 Å². The highest BCUT2D eigenvalue weighted by molar-refractivity contribution is 9.10. The number of nitrogens with zero attached hydrogens (tertiary/aromatic N) is 3. The summed E-state index contributed by atoms with van der Waals surface area (Å²) in [5, 5.41) is 8.93. The van der Waals surface area contributed by atoms with Gasteiger partial charge in [-0.15, -0.1) is 0 Å². The summed E-state index contributed by atoms with van der Waals surface area (Å²) in [7, 11) is 0. The van der Waals surface area contributed by atoms with Gasteiger partial charge in [-0.25, -0.2) is 14.5 Å². The molecule has 0 saturated heterocycles. The maximum absolute atomic E-state index is 12.1. The summed E-state index contributed by atoms with van der Waals surface area (Å²) in [4.78, 5) is 16.8. The number of carbonyl (C=O) groups excluding carboxylic acids is 1. The fraction of sp³-hybridized carbons (Fsp3) is 0.240. The molecule has 8 heteroatoms. The summed E-state index contributed by atoms with van der Waals surface area (Å²) in [6.07, 6.45) is 3.13. The molecule has 2 heterocycles. The number of hydrogen-bond donors (Lipinski definition) is 1. The number of amides is 1. The van der Waals surface area contributed by atoms with Crippen molar-refractivity contribution in [2.75, 3.05) is 0 Å². The van der Waals surface area contributed by atoms with E-state index in [0.717, 1.165) is 26.5 Å². The molecular formula is C25H25BrN4O3. The normalized spacial score (nSPS) is 11.4. The summed E-state index contributed by atoms with van der Waals surface area (Å²) in [5.41, 5.74) is 2.03. The number of fused-ring (bicyclic) bond motifs is 1. The average Bonchev–Trinajstić information content (AvgIpc) is 3.21. The Balaban J connectivity index is 1.64. The third-order valence-electron chi connectivity index (χ3n) is 4.68. The fourth-order valence-corrected chi connectivity index (χ4v) is 3.53. The first-order valence-electron chi connectivity index (χ1n) is 10.5. The molecule has 0 aliphatic heterocycles. The maximum atomic E-state index is 12.1. The minimum absolute atomic E-state index is 0.223. The number of benzene rings is 2. The highest BCUT2D eigenvalue weighted by atomic mass is 79.9. The van der Waals surface area contributed by atoms with Crippen molar-refractivity contribution in [2.24, 2.45) is 0 Å². The molecule has 0 fully saturated rings. The molecule has 4 aromatic rings. The van der Waals surface area contributed by atoms with Gasteiger partial charge in [0.1, 0.15) is 12.2 Å². The van der Waals surface area contributed by atoms with Gasteiger partial charge in [-0.1, -0.05) is 36.4 Å². The van der Waals surface area contributed by atoms with Crippen LogP contribution in [0.2, 0.25) is 0 Å². The molecule has 4 rings (SSSR count). The second-order valence-corrected chi connectivity index (χ2v) is 9.47. The van der Waals surface area contributed by atoms with Crippen LogP contribution in [0.25, 0.3) is 16.5 Å². The third kappa shape index (κ3) is 6.10. The van der Waals surface area contributed by atoms with E-state index in [9.17, 15) is 4.79 Å². The number of aromatic nitrogens is 3. The van der Waals surface area contributed by atoms with E-state index < -0.39 is 11.7 Å². The van der Waals surface area contributed by atoms with Crippen molar-refractivity contribution >= 4 is 32.8 Å². The maximum Gasteiger partial charge on any atom is 0.407 e. The third-order valence-corrected chi connectivity index (χ3v) is 5.09. The van der Waals surface area contributed by atoms with Crippen molar-refractivity contribution < 1.29 is 14.3 Å². The van der Waals surface area contributed by atoms with E-state index in [-0.39, 0.29) is 6.54 Å². The fourth-order valence-electron chi connectivity index (χ4n) is 3.25. The standard InChI is InChI=1S/C25H25BrN4O3/c1-25(2,3)33-24(31)27-14-20-11-18-9-10-21(30-15-19(26)13-28-30)12-22(18)23(29-20)32-16-17-7-5-4-6-8-17/h4-13,15H,14,16H2,1-3H3,(H,27,31). The number of pyridine rings is 1. The van der Waals surface area contributed by atoms with Crippen molar-refractivity contribution in [3.05, 3.63) is 82.7 Å². The number of nitrogens with one attached hydrogen (secondary N) is 1. The van der Waals surface area contributed by atoms with Crippen LogP contribution in [-0.2, 0) is 17.9 Å². The van der Waals surface area contributed by atoms with Gasteiger partial charge < -0.3 is 14.8 Å².